The largest absolute Gasteiger partial charge is 0.368 e. The Balaban J connectivity index is 1.83. The van der Waals surface area contributed by atoms with Crippen LogP contribution in [0.5, 0.6) is 0 Å². The number of halogens is 1. The highest BCUT2D eigenvalue weighted by molar-refractivity contribution is 5.92. The molecule has 6 heteroatoms. The average molecular weight is 302 g/mol. The number of benzene rings is 1. The zero-order valence-electron chi connectivity index (χ0n) is 12.6. The standard InChI is InChI=1S/C16H19FN4O/c1-11(2)19-16(22)14-7-8-15(21-20-14)18-10-9-12-3-5-13(17)6-4-12/h3-8,11H,9-10H2,1-2H3,(H,18,21)(H,19,22). The van der Waals surface area contributed by atoms with E-state index in [1.807, 2.05) is 13.8 Å². The number of nitrogens with one attached hydrogen (secondary N) is 2. The summed E-state index contributed by atoms with van der Waals surface area (Å²) in [5.74, 6) is 0.126. The molecule has 0 aliphatic heterocycles. The second-order valence-electron chi connectivity index (χ2n) is 5.24. The van der Waals surface area contributed by atoms with Gasteiger partial charge in [0.25, 0.3) is 5.91 Å². The molecule has 0 spiro atoms. The van der Waals surface area contributed by atoms with Crippen molar-refractivity contribution in [1.29, 1.82) is 0 Å². The van der Waals surface area contributed by atoms with Crippen molar-refractivity contribution in [2.24, 2.45) is 0 Å². The molecule has 1 amide bonds. The number of rotatable bonds is 6. The molecular weight excluding hydrogens is 283 g/mol. The van der Waals surface area contributed by atoms with E-state index in [1.165, 1.54) is 12.1 Å². The minimum Gasteiger partial charge on any atom is -0.368 e. The van der Waals surface area contributed by atoms with Gasteiger partial charge in [0.1, 0.15) is 11.6 Å². The summed E-state index contributed by atoms with van der Waals surface area (Å²) in [6.45, 7) is 4.42. The predicted octanol–water partition coefficient (Wildman–Crippen LogP) is 2.41. The van der Waals surface area contributed by atoms with E-state index < -0.39 is 0 Å². The van der Waals surface area contributed by atoms with Gasteiger partial charge < -0.3 is 10.6 Å². The van der Waals surface area contributed by atoms with Crippen LogP contribution in [0.3, 0.4) is 0 Å². The van der Waals surface area contributed by atoms with Crippen molar-refractivity contribution in [2.45, 2.75) is 26.3 Å². The Morgan fingerprint density at radius 3 is 2.45 bits per heavy atom. The quantitative estimate of drug-likeness (QED) is 0.860. The van der Waals surface area contributed by atoms with Gasteiger partial charge in [-0.2, -0.15) is 0 Å². The van der Waals surface area contributed by atoms with Crippen LogP contribution in [0.2, 0.25) is 0 Å². The lowest BCUT2D eigenvalue weighted by Crippen LogP contribution is -2.30. The summed E-state index contributed by atoms with van der Waals surface area (Å²) in [7, 11) is 0. The van der Waals surface area contributed by atoms with Crippen LogP contribution < -0.4 is 10.6 Å². The van der Waals surface area contributed by atoms with Crippen molar-refractivity contribution in [3.8, 4) is 0 Å². The second-order valence-corrected chi connectivity index (χ2v) is 5.24. The van der Waals surface area contributed by atoms with E-state index >= 15 is 0 Å². The highest BCUT2D eigenvalue weighted by Gasteiger charge is 2.08. The van der Waals surface area contributed by atoms with Crippen LogP contribution in [0.4, 0.5) is 10.2 Å². The first-order valence-electron chi connectivity index (χ1n) is 7.17. The Morgan fingerprint density at radius 1 is 1.14 bits per heavy atom. The van der Waals surface area contributed by atoms with E-state index in [0.29, 0.717) is 12.4 Å². The van der Waals surface area contributed by atoms with E-state index in [9.17, 15) is 9.18 Å². The molecule has 0 unspecified atom stereocenters. The maximum Gasteiger partial charge on any atom is 0.271 e. The normalized spacial score (nSPS) is 10.5. The van der Waals surface area contributed by atoms with Crippen molar-refractivity contribution in [3.63, 3.8) is 0 Å². The molecule has 0 atom stereocenters. The van der Waals surface area contributed by atoms with Gasteiger partial charge in [-0.05, 0) is 50.1 Å². The SMILES string of the molecule is CC(C)NC(=O)c1ccc(NCCc2ccc(F)cc2)nn1. The van der Waals surface area contributed by atoms with Gasteiger partial charge in [-0.1, -0.05) is 12.1 Å². The minimum atomic E-state index is -0.238. The zero-order chi connectivity index (χ0) is 15.9. The smallest absolute Gasteiger partial charge is 0.271 e. The molecule has 0 fully saturated rings. The van der Waals surface area contributed by atoms with E-state index in [2.05, 4.69) is 20.8 Å². The number of carbonyl (C=O) groups excluding carboxylic acids is 1. The van der Waals surface area contributed by atoms with Crippen LogP contribution >= 0.6 is 0 Å². The second kappa shape index (κ2) is 7.49. The summed E-state index contributed by atoms with van der Waals surface area (Å²) in [4.78, 5) is 11.7. The minimum absolute atomic E-state index is 0.0582. The molecule has 2 aromatic rings. The average Bonchev–Trinajstić information content (AvgIpc) is 2.49. The fraction of sp³-hybridized carbons (Fsp3) is 0.312. The van der Waals surface area contributed by atoms with Gasteiger partial charge in [0, 0.05) is 12.6 Å². The summed E-state index contributed by atoms with van der Waals surface area (Å²) in [5, 5.41) is 13.7. The Hall–Kier alpha value is -2.50. The van der Waals surface area contributed by atoms with Gasteiger partial charge >= 0.3 is 0 Å². The third-order valence-corrected chi connectivity index (χ3v) is 2.95. The molecule has 0 aliphatic carbocycles. The molecule has 0 radical (unpaired) electrons. The van der Waals surface area contributed by atoms with Crippen molar-refractivity contribution >= 4 is 11.7 Å². The molecule has 0 saturated heterocycles. The molecule has 22 heavy (non-hydrogen) atoms. The van der Waals surface area contributed by atoms with E-state index in [-0.39, 0.29) is 23.5 Å². The lowest BCUT2D eigenvalue weighted by Gasteiger charge is -2.08. The predicted molar refractivity (Wildman–Crippen MR) is 83.2 cm³/mol. The zero-order valence-corrected chi connectivity index (χ0v) is 12.6. The van der Waals surface area contributed by atoms with Gasteiger partial charge in [-0.25, -0.2) is 4.39 Å². The first-order chi connectivity index (χ1) is 10.5. The van der Waals surface area contributed by atoms with Gasteiger partial charge in [-0.15, -0.1) is 10.2 Å². The molecule has 0 saturated carbocycles. The third-order valence-electron chi connectivity index (χ3n) is 2.95. The lowest BCUT2D eigenvalue weighted by atomic mass is 10.1. The summed E-state index contributed by atoms with van der Waals surface area (Å²) in [5.41, 5.74) is 1.33. The number of carbonyl (C=O) groups is 1. The van der Waals surface area contributed by atoms with Gasteiger partial charge in [0.05, 0.1) is 0 Å². The molecular formula is C16H19FN4O. The lowest BCUT2D eigenvalue weighted by molar-refractivity contribution is 0.0937. The molecule has 1 aromatic carbocycles. The number of hydrogen-bond donors (Lipinski definition) is 2. The van der Waals surface area contributed by atoms with Crippen LogP contribution in [0.25, 0.3) is 0 Å². The Kier molecular flexibility index (Phi) is 5.41. The van der Waals surface area contributed by atoms with Gasteiger partial charge in [0.15, 0.2) is 5.69 Å². The van der Waals surface area contributed by atoms with Crippen molar-refractivity contribution in [2.75, 3.05) is 11.9 Å². The molecule has 5 nitrogen and oxygen atoms in total. The summed E-state index contributed by atoms with van der Waals surface area (Å²) >= 11 is 0. The number of aromatic nitrogens is 2. The number of nitrogens with zero attached hydrogens (tertiary/aromatic N) is 2. The van der Waals surface area contributed by atoms with Crippen LogP contribution in [0, 0.1) is 5.82 Å². The number of hydrogen-bond acceptors (Lipinski definition) is 4. The number of amides is 1. The molecule has 116 valence electrons. The number of anilines is 1. The third kappa shape index (κ3) is 4.80. The van der Waals surface area contributed by atoms with E-state index in [1.54, 1.807) is 24.3 Å². The molecule has 2 N–H and O–H groups in total. The Labute approximate surface area is 129 Å². The van der Waals surface area contributed by atoms with E-state index in [4.69, 9.17) is 0 Å². The van der Waals surface area contributed by atoms with Crippen LogP contribution in [-0.4, -0.2) is 28.7 Å². The van der Waals surface area contributed by atoms with Crippen molar-refractivity contribution in [1.82, 2.24) is 15.5 Å². The first-order valence-corrected chi connectivity index (χ1v) is 7.17. The molecule has 0 aliphatic rings. The maximum atomic E-state index is 12.8. The molecule has 1 heterocycles. The van der Waals surface area contributed by atoms with Crippen LogP contribution in [0.15, 0.2) is 36.4 Å². The Morgan fingerprint density at radius 2 is 1.86 bits per heavy atom. The highest BCUT2D eigenvalue weighted by atomic mass is 19.1. The first kappa shape index (κ1) is 15.9. The van der Waals surface area contributed by atoms with Crippen LogP contribution in [0.1, 0.15) is 29.9 Å². The highest BCUT2D eigenvalue weighted by Crippen LogP contribution is 2.06. The van der Waals surface area contributed by atoms with E-state index in [0.717, 1.165) is 12.0 Å². The van der Waals surface area contributed by atoms with Crippen LogP contribution in [-0.2, 0) is 6.42 Å². The fourth-order valence-electron chi connectivity index (χ4n) is 1.87. The molecule has 2 rings (SSSR count). The summed E-state index contributed by atoms with van der Waals surface area (Å²) in [6, 6.07) is 9.79. The Bertz CT molecular complexity index is 611. The molecule has 1 aromatic heterocycles. The topological polar surface area (TPSA) is 66.9 Å². The van der Waals surface area contributed by atoms with Crippen molar-refractivity contribution < 1.29 is 9.18 Å². The summed E-state index contributed by atoms with van der Waals surface area (Å²) in [6.07, 6.45) is 0.748. The maximum absolute atomic E-state index is 12.8. The summed E-state index contributed by atoms with van der Waals surface area (Å²) < 4.78 is 12.8. The molecule has 0 bridgehead atoms. The van der Waals surface area contributed by atoms with Gasteiger partial charge in [0.2, 0.25) is 0 Å². The van der Waals surface area contributed by atoms with Gasteiger partial charge in [-0.3, -0.25) is 4.79 Å². The van der Waals surface area contributed by atoms with Crippen molar-refractivity contribution in [3.05, 3.63) is 53.5 Å². The monoisotopic (exact) mass is 302 g/mol. The fourth-order valence-corrected chi connectivity index (χ4v) is 1.87.